The predicted molar refractivity (Wildman–Crippen MR) is 332 cm³/mol. The van der Waals surface area contributed by atoms with Gasteiger partial charge in [-0.25, -0.2) is 0 Å². The topological polar surface area (TPSA) is 66.4 Å². The van der Waals surface area contributed by atoms with Crippen LogP contribution in [-0.2, 0) is 339 Å². The van der Waals surface area contributed by atoms with Gasteiger partial charge in [0.15, 0.2) is 0 Å². The van der Waals surface area contributed by atoms with Crippen LogP contribution in [0.1, 0.15) is 13.3 Å². The fraction of sp³-hybridized carbons (Fsp3) is 0.667. The Kier molecular flexibility index (Phi) is 26.4. The van der Waals surface area contributed by atoms with Crippen molar-refractivity contribution in [2.45, 2.75) is 19.4 Å². The van der Waals surface area contributed by atoms with Gasteiger partial charge in [-0.15, -0.1) is 0 Å². The number of carboxylic acids is 1. The number of nitrogens with one attached hydrogen (secondary N) is 1. The van der Waals surface area contributed by atoms with Gasteiger partial charge in [0.1, 0.15) is 6.04 Å². The van der Waals surface area contributed by atoms with Crippen molar-refractivity contribution in [3.05, 3.63) is 0 Å². The highest BCUT2D eigenvalue weighted by Crippen LogP contribution is 2.40. The van der Waals surface area contributed by atoms with E-state index in [0.717, 1.165) is 0 Å². The lowest BCUT2D eigenvalue weighted by Crippen LogP contribution is -2.38. The first-order chi connectivity index (χ1) is 20.8. The van der Waals surface area contributed by atoms with E-state index in [9.17, 15) is 9.59 Å². The van der Waals surface area contributed by atoms with E-state index in [1.54, 1.807) is 21.2 Å². The Labute approximate surface area is 420 Å². The SMILES string of the molecule is C[C@H](NC(=O)CCS)C(=O)O.S=S(=S)(S)S(=S)(=S)S(=S)(=S)S(=S)(=S)S(=S)(=S)S(=S)(=S)S(=S)(=S)S(=S)(=S)S(=S)(=S)S(=S)(=S)S(=S)(=S)S(=S)(=S)I. The second kappa shape index (κ2) is 21.2. The van der Waals surface area contributed by atoms with Crippen LogP contribution < -0.4 is 5.32 Å². The van der Waals surface area contributed by atoms with Gasteiger partial charge >= 0.3 is 5.97 Å². The molecule has 294 valence electrons. The van der Waals surface area contributed by atoms with Gasteiger partial charge < -0.3 is 10.4 Å². The van der Waals surface area contributed by atoms with Crippen LogP contribution in [0.15, 0.2) is 0 Å². The fourth-order valence-electron chi connectivity index (χ4n) is 1.50. The standard InChI is InChI=1S/C6H11NO3S.HIS37/c1-4(6(9)10)7-5(8)2-3-11;1-27(2,3)29(7,8)31(11,12)33(15,16)35(19,20)37(23,24)38(25,26)36(21,22)34(17,18)32(13,14)30(9,10)28(4,5)6/h4,11H,2-3H2,1H3,(H,7,8)(H,9,10);(H,4,5,6)/t4-;/m0./s1. The molecule has 0 unspecified atom stereocenters. The minimum atomic E-state index is -3.49. The maximum absolute atomic E-state index is 10.7. The number of carbonyl (C=O) groups is 2. The van der Waals surface area contributed by atoms with Gasteiger partial charge in [-0.1, -0.05) is 11.7 Å². The Morgan fingerprint density at radius 3 is 0.959 bits per heavy atom. The molecule has 0 bridgehead atoms. The van der Waals surface area contributed by atoms with E-state index >= 15 is 0 Å². The first kappa shape index (κ1) is 60.9. The summed E-state index contributed by atoms with van der Waals surface area (Å²) in [5.74, 6) is -0.884. The highest BCUT2D eigenvalue weighted by atomic mass is 127. The number of halogens is 1. The maximum Gasteiger partial charge on any atom is 0.325 e. The molecule has 1 atom stereocenters. The molecule has 0 aliphatic heterocycles. The normalized spacial score (nSPS) is 15.6. The fourth-order valence-corrected chi connectivity index (χ4v) is 258. The lowest BCUT2D eigenvalue weighted by atomic mass is 10.3. The van der Waals surface area contributed by atoms with E-state index in [1.807, 2.05) is 0 Å². The van der Waals surface area contributed by atoms with Crippen molar-refractivity contribution >= 4 is 387 Å². The molecule has 0 aromatic carbocycles. The summed E-state index contributed by atoms with van der Waals surface area (Å²) in [7, 11) is 0. The quantitative estimate of drug-likeness (QED) is 0.0819. The van der Waals surface area contributed by atoms with E-state index in [1.165, 1.54) is 6.92 Å². The zero-order valence-electron chi connectivity index (χ0n) is 21.7. The van der Waals surface area contributed by atoms with Crippen LogP contribution in [0.2, 0.25) is 0 Å². The Hall–Kier alpha value is 9.85. The molecule has 0 rings (SSSR count). The number of carboxylic acid groups (broad SMARTS) is 1. The van der Waals surface area contributed by atoms with E-state index in [4.69, 9.17) is 274 Å². The first-order valence-corrected chi connectivity index (χ1v) is 61.1. The molecule has 0 heterocycles. The molecule has 0 aromatic rings. The van der Waals surface area contributed by atoms with Crippen LogP contribution in [0, 0.1) is 0 Å². The summed E-state index contributed by atoms with van der Waals surface area (Å²) in [6.45, 7) is 1.42. The van der Waals surface area contributed by atoms with E-state index in [-0.39, 0.29) is 12.3 Å². The van der Waals surface area contributed by atoms with Crippen LogP contribution in [0.3, 0.4) is 0 Å². The third kappa shape index (κ3) is 12.6. The van der Waals surface area contributed by atoms with E-state index in [2.05, 4.69) is 29.6 Å². The number of hydrogen-bond donors (Lipinski definition) is 4. The van der Waals surface area contributed by atoms with Crippen LogP contribution >= 0.6 is 45.5 Å². The molecule has 43 heteroatoms. The minimum Gasteiger partial charge on any atom is -0.480 e. The first-order valence-electron chi connectivity index (χ1n) is 9.38. The molecule has 0 aliphatic carbocycles. The van der Waals surface area contributed by atoms with Crippen molar-refractivity contribution in [3.63, 3.8) is 0 Å². The molecule has 0 spiro atoms. The molecule has 2 N–H and O–H groups in total. The van der Waals surface area contributed by atoms with Gasteiger partial charge in [-0.2, -0.15) is 12.6 Å². The zero-order valence-corrected chi connectivity index (χ0v) is 55.1. The Balaban J connectivity index is 0. The largest absolute Gasteiger partial charge is 0.480 e. The monoisotopic (exact) mass is 1490 g/mol. The van der Waals surface area contributed by atoms with Crippen LogP contribution in [0.5, 0.6) is 0 Å². The lowest BCUT2D eigenvalue weighted by Gasteiger charge is -2.34. The van der Waals surface area contributed by atoms with Crippen LogP contribution in [0.4, 0.5) is 0 Å². The highest BCUT2D eigenvalue weighted by Gasteiger charge is 2.43. The number of hydrogen-bond acceptors (Lipinski definition) is 27. The van der Waals surface area contributed by atoms with Crippen molar-refractivity contribution in [1.29, 1.82) is 0 Å². The average Bonchev–Trinajstić information content (AvgIpc) is 2.86. The third-order valence-electron chi connectivity index (χ3n) is 3.84. The minimum absolute atomic E-state index is 0.251. The van der Waals surface area contributed by atoms with Crippen molar-refractivity contribution in [3.8, 4) is 0 Å². The Bertz CT molecular complexity index is 2580. The summed E-state index contributed by atoms with van der Waals surface area (Å²) in [5, 5.41) is -25.2. The molecule has 0 radical (unpaired) electrons. The molecule has 0 saturated heterocycles. The van der Waals surface area contributed by atoms with Crippen molar-refractivity contribution < 1.29 is 14.7 Å². The Morgan fingerprint density at radius 2 is 0.776 bits per heavy atom. The number of carbonyl (C=O) groups excluding carboxylic acids is 1. The highest BCUT2D eigenvalue weighted by molar-refractivity contribution is 14.2. The molecular weight excluding hydrogens is 1480 g/mol. The third-order valence-corrected chi connectivity index (χ3v) is 232. The number of amides is 1. The van der Waals surface area contributed by atoms with E-state index in [0.29, 0.717) is 5.75 Å². The molecule has 4 nitrogen and oxygen atoms in total. The summed E-state index contributed by atoms with van der Waals surface area (Å²) in [6.07, 6.45) is 0.251. The predicted octanol–water partition coefficient (Wildman–Crippen LogP) is 1.08. The van der Waals surface area contributed by atoms with Crippen molar-refractivity contribution in [1.82, 2.24) is 5.32 Å². The summed E-state index contributed by atoms with van der Waals surface area (Å²) in [4.78, 5) is 20.9. The second-order valence-corrected chi connectivity index (χ2v) is 141. The maximum atomic E-state index is 10.7. The van der Waals surface area contributed by atoms with Gasteiger partial charge in [0.05, 0.1) is 0 Å². The summed E-state index contributed by atoms with van der Waals surface area (Å²) in [6, 6.07) is -0.817. The molecule has 1 amide bonds. The summed E-state index contributed by atoms with van der Waals surface area (Å²) in [5.41, 5.74) is 0. The Morgan fingerprint density at radius 1 is 0.551 bits per heavy atom. The summed E-state index contributed by atoms with van der Waals surface area (Å²) < 4.78 is -2.54. The van der Waals surface area contributed by atoms with Crippen molar-refractivity contribution in [2.24, 2.45) is 0 Å². The summed E-state index contributed by atoms with van der Waals surface area (Å²) >= 11 is 147. The smallest absolute Gasteiger partial charge is 0.325 e. The second-order valence-electron chi connectivity index (χ2n) is 7.00. The lowest BCUT2D eigenvalue weighted by molar-refractivity contribution is -0.141. The van der Waals surface area contributed by atoms with Crippen molar-refractivity contribution in [2.75, 3.05) is 5.75 Å². The molecule has 0 aliphatic rings. The van der Waals surface area contributed by atoms with Gasteiger partial charge in [-0.3, -0.25) is 9.59 Å². The molecule has 0 saturated carbocycles. The number of aliphatic carboxylic acids is 1. The molecule has 0 aromatic heterocycles. The van der Waals surface area contributed by atoms with Gasteiger partial charge in [0, 0.05) is 88.3 Å². The van der Waals surface area contributed by atoms with Gasteiger partial charge in [-0.05, 0) is 281 Å². The molecule has 0 fully saturated rings. The number of thiol groups is 2. The van der Waals surface area contributed by atoms with Gasteiger partial charge in [0.2, 0.25) is 5.91 Å². The van der Waals surface area contributed by atoms with E-state index < -0.39 is 72.7 Å². The number of rotatable bonds is 15. The van der Waals surface area contributed by atoms with Crippen LogP contribution in [0.25, 0.3) is 0 Å². The zero-order chi connectivity index (χ0) is 40.9. The van der Waals surface area contributed by atoms with Crippen LogP contribution in [-0.4, -0.2) is 28.8 Å². The molecular formula is C6H12INO3S38. The van der Waals surface area contributed by atoms with Gasteiger partial charge in [0.25, 0.3) is 0 Å². The average molecular weight is 1490 g/mol. The molecule has 49 heavy (non-hydrogen) atoms.